The van der Waals surface area contributed by atoms with Gasteiger partial charge in [-0.1, -0.05) is 23.2 Å². The first-order valence-corrected chi connectivity index (χ1v) is 13.5. The van der Waals surface area contributed by atoms with Gasteiger partial charge in [0.05, 0.1) is 35.5 Å². The number of rotatable bonds is 15. The molecule has 0 aliphatic rings. The van der Waals surface area contributed by atoms with Gasteiger partial charge in [-0.15, -0.1) is 0 Å². The predicted octanol–water partition coefficient (Wildman–Crippen LogP) is 1.73. The first kappa shape index (κ1) is 32.3. The van der Waals surface area contributed by atoms with Gasteiger partial charge in [-0.05, 0) is 43.5 Å². The van der Waals surface area contributed by atoms with Gasteiger partial charge in [0.15, 0.2) is 11.7 Å². The van der Waals surface area contributed by atoms with Crippen LogP contribution in [0.3, 0.4) is 0 Å². The Balaban J connectivity index is 1.66. The maximum atomic E-state index is 13.2. The van der Waals surface area contributed by atoms with Crippen LogP contribution in [0.2, 0.25) is 10.0 Å². The van der Waals surface area contributed by atoms with Crippen LogP contribution in [0.25, 0.3) is 11.3 Å². The second-order valence-electron chi connectivity index (χ2n) is 9.03. The van der Waals surface area contributed by atoms with Gasteiger partial charge in [0, 0.05) is 36.1 Å². The van der Waals surface area contributed by atoms with Gasteiger partial charge < -0.3 is 37.4 Å². The number of nitrogens with one attached hydrogen (secondary N) is 3. The highest BCUT2D eigenvalue weighted by atomic mass is 35.5. The minimum Gasteiger partial charge on any atom is -0.478 e. The number of amides is 2. The molecule has 1 aromatic carbocycles. The van der Waals surface area contributed by atoms with Crippen molar-refractivity contribution >= 4 is 52.6 Å². The number of carbonyl (C=O) groups excluding carboxylic acids is 2. The molecule has 2 aromatic heterocycles. The third-order valence-electron chi connectivity index (χ3n) is 5.91. The Hall–Kier alpha value is -4.24. The largest absolute Gasteiger partial charge is 0.478 e. The molecule has 14 nitrogen and oxygen atoms in total. The number of carboxylic acid groups (broad SMARTS) is 1. The van der Waals surface area contributed by atoms with Crippen LogP contribution in [0.5, 0.6) is 0 Å². The van der Waals surface area contributed by atoms with Crippen LogP contribution in [-0.2, 0) is 16.1 Å². The molecule has 3 rings (SSSR count). The van der Waals surface area contributed by atoms with Crippen LogP contribution in [0.4, 0.5) is 5.69 Å². The van der Waals surface area contributed by atoms with Crippen molar-refractivity contribution in [1.29, 1.82) is 0 Å². The van der Waals surface area contributed by atoms with Gasteiger partial charge in [0.25, 0.3) is 0 Å². The van der Waals surface area contributed by atoms with E-state index in [1.165, 1.54) is 18.5 Å². The molecule has 0 spiro atoms. The molecule has 2 unspecified atom stereocenters. The third kappa shape index (κ3) is 9.69. The van der Waals surface area contributed by atoms with Crippen LogP contribution < -0.4 is 33.2 Å². The van der Waals surface area contributed by atoms with E-state index in [9.17, 15) is 19.5 Å². The van der Waals surface area contributed by atoms with E-state index >= 15 is 0 Å². The summed E-state index contributed by atoms with van der Waals surface area (Å²) in [7, 11) is 0. The Bertz CT molecular complexity index is 1430. The van der Waals surface area contributed by atoms with Gasteiger partial charge >= 0.3 is 5.97 Å². The zero-order chi connectivity index (χ0) is 30.6. The molecule has 0 fully saturated rings. The number of aromatic nitrogens is 2. The molecule has 0 radical (unpaired) electrons. The maximum absolute atomic E-state index is 13.2. The highest BCUT2D eigenvalue weighted by Crippen LogP contribution is 2.31. The fourth-order valence-electron chi connectivity index (χ4n) is 3.75. The molecule has 2 heterocycles. The van der Waals surface area contributed by atoms with Crippen LogP contribution in [-0.4, -0.2) is 64.0 Å². The van der Waals surface area contributed by atoms with E-state index < -0.39 is 29.9 Å². The molecule has 0 saturated heterocycles. The van der Waals surface area contributed by atoms with Crippen molar-refractivity contribution in [3.63, 3.8) is 0 Å². The normalized spacial score (nSPS) is 12.3. The van der Waals surface area contributed by atoms with Crippen LogP contribution >= 0.6 is 23.2 Å². The number of aliphatic imine (C=N–C) groups is 1. The summed E-state index contributed by atoms with van der Waals surface area (Å²) in [5.74, 6) is -1.62. The Labute approximate surface area is 251 Å². The minimum atomic E-state index is -1.25. The Morgan fingerprint density at radius 3 is 2.62 bits per heavy atom. The van der Waals surface area contributed by atoms with Crippen molar-refractivity contribution in [2.24, 2.45) is 22.2 Å². The summed E-state index contributed by atoms with van der Waals surface area (Å²) in [5.41, 5.74) is 17.0. The summed E-state index contributed by atoms with van der Waals surface area (Å²) >= 11 is 12.3. The van der Waals surface area contributed by atoms with E-state index in [-0.39, 0.29) is 42.6 Å². The van der Waals surface area contributed by atoms with E-state index in [1.807, 2.05) is 0 Å². The molecule has 0 bridgehead atoms. The molecule has 0 aliphatic carbocycles. The summed E-state index contributed by atoms with van der Waals surface area (Å²) in [6, 6.07) is 4.60. The van der Waals surface area contributed by atoms with Crippen molar-refractivity contribution in [1.82, 2.24) is 20.6 Å². The molecular formula is C26H31Cl2N9O5. The average Bonchev–Trinajstić information content (AvgIpc) is 3.42. The fraction of sp³-hybridized carbons (Fsp3) is 0.308. The smallest absolute Gasteiger partial charge is 0.339 e. The molecule has 0 saturated carbocycles. The number of pyridine rings is 1. The number of aromatic carboxylic acids is 1. The van der Waals surface area contributed by atoms with Crippen LogP contribution in [0.1, 0.15) is 35.5 Å². The van der Waals surface area contributed by atoms with Crippen molar-refractivity contribution < 1.29 is 23.9 Å². The summed E-state index contributed by atoms with van der Waals surface area (Å²) < 4.78 is 5.79. The number of guanidine groups is 1. The lowest BCUT2D eigenvalue weighted by molar-refractivity contribution is -0.123. The number of hydrogen-bond acceptors (Lipinski definition) is 9. The van der Waals surface area contributed by atoms with Crippen molar-refractivity contribution in [2.45, 2.75) is 37.9 Å². The standard InChI is InChI=1S/C26H31Cl2N9O5/c27-14-3-4-17(28)15(10-14)21-12-36-22(42-21)13-35-20(24(39)37-19-5-8-32-11-16(19)25(40)41)6-9-33-23(38)18(29)2-1-7-34-26(30)31/h3-5,8,10-12,18,20,35H,1-2,6-7,9,13,29H2,(H,33,38)(H,40,41)(H4,30,31,34)(H,32,37,39). The molecule has 42 heavy (non-hydrogen) atoms. The van der Waals surface area contributed by atoms with Gasteiger partial charge in [0.1, 0.15) is 5.56 Å². The molecular weight excluding hydrogens is 589 g/mol. The molecule has 0 aliphatic heterocycles. The number of carbonyl (C=O) groups is 3. The Morgan fingerprint density at radius 1 is 1.10 bits per heavy atom. The second-order valence-corrected chi connectivity index (χ2v) is 9.87. The first-order valence-electron chi connectivity index (χ1n) is 12.8. The van der Waals surface area contributed by atoms with Gasteiger partial charge in [-0.2, -0.15) is 0 Å². The zero-order valence-electron chi connectivity index (χ0n) is 22.3. The second kappa shape index (κ2) is 15.7. The molecule has 2 amide bonds. The monoisotopic (exact) mass is 619 g/mol. The first-order chi connectivity index (χ1) is 20.0. The maximum Gasteiger partial charge on any atom is 0.339 e. The predicted molar refractivity (Wildman–Crippen MR) is 158 cm³/mol. The number of nitrogens with two attached hydrogens (primary N) is 3. The summed E-state index contributed by atoms with van der Waals surface area (Å²) in [5, 5.41) is 18.7. The SMILES string of the molecule is NC(N)=NCCCC(N)C(=O)NCCC(NCc1ncc(-c2cc(Cl)ccc2Cl)o1)C(=O)Nc1ccncc1C(=O)O. The minimum absolute atomic E-state index is 0.0245. The zero-order valence-corrected chi connectivity index (χ0v) is 23.9. The lowest BCUT2D eigenvalue weighted by Gasteiger charge is -2.19. The van der Waals surface area contributed by atoms with E-state index in [2.05, 4.69) is 30.9 Å². The molecule has 2 atom stereocenters. The van der Waals surface area contributed by atoms with E-state index in [0.29, 0.717) is 40.8 Å². The number of hydrogen-bond donors (Lipinski definition) is 7. The highest BCUT2D eigenvalue weighted by molar-refractivity contribution is 6.35. The van der Waals surface area contributed by atoms with Gasteiger partial charge in [0.2, 0.25) is 17.7 Å². The van der Waals surface area contributed by atoms with Crippen molar-refractivity contribution in [3.05, 3.63) is 64.4 Å². The lowest BCUT2D eigenvalue weighted by Crippen LogP contribution is -2.45. The average molecular weight is 620 g/mol. The number of nitrogens with zero attached hydrogens (tertiary/aromatic N) is 3. The summed E-state index contributed by atoms with van der Waals surface area (Å²) in [6.07, 6.45) is 4.95. The van der Waals surface area contributed by atoms with Gasteiger partial charge in [-0.3, -0.25) is 24.9 Å². The summed E-state index contributed by atoms with van der Waals surface area (Å²) in [6.45, 7) is 0.453. The Kier molecular flexibility index (Phi) is 12.0. The molecule has 16 heteroatoms. The number of anilines is 1. The summed E-state index contributed by atoms with van der Waals surface area (Å²) in [4.78, 5) is 49.1. The molecule has 3 aromatic rings. The van der Waals surface area contributed by atoms with Crippen molar-refractivity contribution in [2.75, 3.05) is 18.4 Å². The number of oxazole rings is 1. The number of carboxylic acids is 1. The Morgan fingerprint density at radius 2 is 1.88 bits per heavy atom. The molecule has 10 N–H and O–H groups in total. The highest BCUT2D eigenvalue weighted by Gasteiger charge is 2.22. The quantitative estimate of drug-likeness (QED) is 0.0734. The van der Waals surface area contributed by atoms with Crippen LogP contribution in [0, 0.1) is 0 Å². The molecule has 224 valence electrons. The van der Waals surface area contributed by atoms with Gasteiger partial charge in [-0.25, -0.2) is 9.78 Å². The van der Waals surface area contributed by atoms with Crippen molar-refractivity contribution in [3.8, 4) is 11.3 Å². The van der Waals surface area contributed by atoms with E-state index in [1.54, 1.807) is 18.2 Å². The lowest BCUT2D eigenvalue weighted by atomic mass is 10.1. The topological polar surface area (TPSA) is 237 Å². The van der Waals surface area contributed by atoms with Crippen LogP contribution in [0.15, 0.2) is 52.3 Å². The number of benzene rings is 1. The van der Waals surface area contributed by atoms with E-state index in [0.717, 1.165) is 6.20 Å². The third-order valence-corrected chi connectivity index (χ3v) is 6.47. The number of halogens is 2. The van der Waals surface area contributed by atoms with E-state index in [4.69, 9.17) is 44.8 Å². The fourth-order valence-corrected chi connectivity index (χ4v) is 4.14.